The third-order valence-electron chi connectivity index (χ3n) is 3.84. The van der Waals surface area contributed by atoms with E-state index in [4.69, 9.17) is 4.74 Å². The summed E-state index contributed by atoms with van der Waals surface area (Å²) < 4.78 is 5.47. The quantitative estimate of drug-likeness (QED) is 0.678. The van der Waals surface area contributed by atoms with Crippen molar-refractivity contribution in [1.29, 1.82) is 0 Å². The molecule has 5 heteroatoms. The van der Waals surface area contributed by atoms with Gasteiger partial charge in [-0.05, 0) is 19.4 Å². The second-order valence-corrected chi connectivity index (χ2v) is 5.92. The van der Waals surface area contributed by atoms with Gasteiger partial charge in [0.25, 0.3) is 0 Å². The van der Waals surface area contributed by atoms with E-state index in [2.05, 4.69) is 27.4 Å². The molecule has 0 fully saturated rings. The zero-order valence-corrected chi connectivity index (χ0v) is 15.1. The van der Waals surface area contributed by atoms with Crippen molar-refractivity contribution in [3.8, 4) is 5.75 Å². The predicted molar refractivity (Wildman–Crippen MR) is 98.4 cm³/mol. The molecule has 5 nitrogen and oxygen atoms in total. The van der Waals surface area contributed by atoms with Crippen LogP contribution in [0.3, 0.4) is 0 Å². The molecule has 1 N–H and O–H groups in total. The Kier molecular flexibility index (Phi) is 6.18. The van der Waals surface area contributed by atoms with Gasteiger partial charge in [0, 0.05) is 31.4 Å². The molecule has 128 valence electrons. The molecule has 0 aliphatic rings. The number of aromatic nitrogens is 1. The topological polar surface area (TPSA) is 49.8 Å². The number of methoxy groups -OCH3 is 1. The maximum Gasteiger partial charge on any atom is 0.194 e. The third kappa shape index (κ3) is 4.47. The van der Waals surface area contributed by atoms with Gasteiger partial charge in [-0.2, -0.15) is 0 Å². The van der Waals surface area contributed by atoms with E-state index < -0.39 is 0 Å². The van der Waals surface area contributed by atoms with Crippen LogP contribution in [0.2, 0.25) is 0 Å². The minimum absolute atomic E-state index is 0.605. The molecule has 2 rings (SSSR count). The molecule has 0 amide bonds. The zero-order valence-electron chi connectivity index (χ0n) is 15.1. The van der Waals surface area contributed by atoms with Gasteiger partial charge in [0.1, 0.15) is 5.75 Å². The Labute approximate surface area is 144 Å². The average molecular weight is 326 g/mol. The van der Waals surface area contributed by atoms with Crippen LogP contribution in [0.15, 0.2) is 41.5 Å². The lowest BCUT2D eigenvalue weighted by Gasteiger charge is -2.19. The van der Waals surface area contributed by atoms with Gasteiger partial charge in [0.2, 0.25) is 0 Å². The second kappa shape index (κ2) is 8.34. The lowest BCUT2D eigenvalue weighted by molar-refractivity contribution is 0.406. The molecular weight excluding hydrogens is 300 g/mol. The van der Waals surface area contributed by atoms with Crippen molar-refractivity contribution in [2.75, 3.05) is 21.2 Å². The Bertz CT molecular complexity index is 696. The third-order valence-corrected chi connectivity index (χ3v) is 3.84. The average Bonchev–Trinajstić information content (AvgIpc) is 2.57. The SMILES string of the molecule is COc1c(C)cnc(CNC(=NCc2ccccc2)N(C)C)c1C. The van der Waals surface area contributed by atoms with Crippen LogP contribution in [0.5, 0.6) is 5.75 Å². The van der Waals surface area contributed by atoms with Crippen LogP contribution in [0.1, 0.15) is 22.4 Å². The standard InChI is InChI=1S/C19H26N4O/c1-14-11-20-17(15(2)18(14)24-5)13-22-19(23(3)4)21-12-16-9-7-6-8-10-16/h6-11H,12-13H2,1-5H3,(H,21,22). The van der Waals surface area contributed by atoms with Gasteiger partial charge in [0.15, 0.2) is 5.96 Å². The number of aryl methyl sites for hydroxylation is 1. The Morgan fingerprint density at radius 1 is 1.21 bits per heavy atom. The largest absolute Gasteiger partial charge is 0.496 e. The number of hydrogen-bond acceptors (Lipinski definition) is 3. The number of ether oxygens (including phenoxy) is 1. The molecule has 0 aliphatic heterocycles. The van der Waals surface area contributed by atoms with Crippen molar-refractivity contribution in [2.24, 2.45) is 4.99 Å². The Morgan fingerprint density at radius 3 is 2.54 bits per heavy atom. The molecule has 1 aromatic carbocycles. The first-order valence-corrected chi connectivity index (χ1v) is 8.01. The van der Waals surface area contributed by atoms with Crippen molar-refractivity contribution in [2.45, 2.75) is 26.9 Å². The van der Waals surface area contributed by atoms with Crippen LogP contribution in [0.25, 0.3) is 0 Å². The summed E-state index contributed by atoms with van der Waals surface area (Å²) in [6.45, 7) is 5.29. The minimum Gasteiger partial charge on any atom is -0.496 e. The number of nitrogens with one attached hydrogen (secondary N) is 1. The Hall–Kier alpha value is -2.56. The van der Waals surface area contributed by atoms with E-state index >= 15 is 0 Å². The summed E-state index contributed by atoms with van der Waals surface area (Å²) >= 11 is 0. The molecule has 0 saturated carbocycles. The second-order valence-electron chi connectivity index (χ2n) is 5.92. The van der Waals surface area contributed by atoms with E-state index in [9.17, 15) is 0 Å². The normalized spacial score (nSPS) is 11.3. The molecule has 0 atom stereocenters. The molecule has 0 aliphatic carbocycles. The number of hydrogen-bond donors (Lipinski definition) is 1. The van der Waals surface area contributed by atoms with Crippen LogP contribution in [0.4, 0.5) is 0 Å². The highest BCUT2D eigenvalue weighted by Crippen LogP contribution is 2.23. The van der Waals surface area contributed by atoms with E-state index in [0.717, 1.165) is 28.5 Å². The van der Waals surface area contributed by atoms with E-state index in [1.165, 1.54) is 5.56 Å². The van der Waals surface area contributed by atoms with Gasteiger partial charge in [-0.1, -0.05) is 30.3 Å². The van der Waals surface area contributed by atoms with Gasteiger partial charge >= 0.3 is 0 Å². The van der Waals surface area contributed by atoms with Gasteiger partial charge in [0.05, 0.1) is 25.9 Å². The number of pyridine rings is 1. The highest BCUT2D eigenvalue weighted by atomic mass is 16.5. The first-order chi connectivity index (χ1) is 11.5. The van der Waals surface area contributed by atoms with Crippen LogP contribution < -0.4 is 10.1 Å². The maximum atomic E-state index is 5.47. The molecule has 0 spiro atoms. The molecule has 0 bridgehead atoms. The molecular formula is C19H26N4O. The van der Waals surface area contributed by atoms with Crippen molar-refractivity contribution in [3.63, 3.8) is 0 Å². The number of rotatable bonds is 5. The van der Waals surface area contributed by atoms with E-state index in [-0.39, 0.29) is 0 Å². The van der Waals surface area contributed by atoms with Crippen molar-refractivity contribution < 1.29 is 4.74 Å². The molecule has 1 heterocycles. The molecule has 0 radical (unpaired) electrons. The van der Waals surface area contributed by atoms with Gasteiger partial charge in [-0.15, -0.1) is 0 Å². The predicted octanol–water partition coefficient (Wildman–Crippen LogP) is 2.91. The van der Waals surface area contributed by atoms with Crippen molar-refractivity contribution in [1.82, 2.24) is 15.2 Å². The fourth-order valence-electron chi connectivity index (χ4n) is 2.52. The fraction of sp³-hybridized carbons (Fsp3) is 0.368. The first kappa shape index (κ1) is 17.8. The smallest absolute Gasteiger partial charge is 0.194 e. The Balaban J connectivity index is 2.09. The summed E-state index contributed by atoms with van der Waals surface area (Å²) in [5, 5.41) is 3.38. The summed E-state index contributed by atoms with van der Waals surface area (Å²) in [4.78, 5) is 11.2. The van der Waals surface area contributed by atoms with Crippen LogP contribution in [-0.2, 0) is 13.1 Å². The number of benzene rings is 1. The molecule has 2 aromatic rings. The first-order valence-electron chi connectivity index (χ1n) is 8.01. The van der Waals surface area contributed by atoms with E-state index in [1.807, 2.05) is 57.2 Å². The number of aliphatic imine (C=N–C) groups is 1. The maximum absolute atomic E-state index is 5.47. The van der Waals surface area contributed by atoms with Gasteiger partial charge < -0.3 is 15.0 Å². The van der Waals surface area contributed by atoms with E-state index in [1.54, 1.807) is 7.11 Å². The summed E-state index contributed by atoms with van der Waals surface area (Å²) in [6.07, 6.45) is 1.85. The fourth-order valence-corrected chi connectivity index (χ4v) is 2.52. The van der Waals surface area contributed by atoms with Crippen LogP contribution in [0, 0.1) is 13.8 Å². The highest BCUT2D eigenvalue weighted by molar-refractivity contribution is 5.79. The summed E-state index contributed by atoms with van der Waals surface area (Å²) in [5.74, 6) is 1.73. The molecule has 0 unspecified atom stereocenters. The lowest BCUT2D eigenvalue weighted by atomic mass is 10.1. The Morgan fingerprint density at radius 2 is 1.92 bits per heavy atom. The van der Waals surface area contributed by atoms with Crippen molar-refractivity contribution >= 4 is 5.96 Å². The molecule has 1 aromatic heterocycles. The highest BCUT2D eigenvalue weighted by Gasteiger charge is 2.10. The van der Waals surface area contributed by atoms with E-state index in [0.29, 0.717) is 13.1 Å². The molecule has 0 saturated heterocycles. The zero-order chi connectivity index (χ0) is 17.5. The van der Waals surface area contributed by atoms with Crippen molar-refractivity contribution in [3.05, 3.63) is 58.9 Å². The van der Waals surface area contributed by atoms with Gasteiger partial charge in [-0.3, -0.25) is 4.98 Å². The summed E-state index contributed by atoms with van der Waals surface area (Å²) in [7, 11) is 5.65. The van der Waals surface area contributed by atoms with Crippen LogP contribution in [-0.4, -0.2) is 37.0 Å². The summed E-state index contributed by atoms with van der Waals surface area (Å²) in [5.41, 5.74) is 4.26. The number of guanidine groups is 1. The summed E-state index contributed by atoms with van der Waals surface area (Å²) in [6, 6.07) is 10.2. The van der Waals surface area contributed by atoms with Gasteiger partial charge in [-0.25, -0.2) is 4.99 Å². The number of nitrogens with zero attached hydrogens (tertiary/aromatic N) is 3. The van der Waals surface area contributed by atoms with Crippen LogP contribution >= 0.6 is 0 Å². The monoisotopic (exact) mass is 326 g/mol. The lowest BCUT2D eigenvalue weighted by Crippen LogP contribution is -2.36. The minimum atomic E-state index is 0.605. The molecule has 24 heavy (non-hydrogen) atoms.